The third kappa shape index (κ3) is 1.58. The van der Waals surface area contributed by atoms with Crippen molar-refractivity contribution in [1.82, 2.24) is 0 Å². The highest BCUT2D eigenvalue weighted by Crippen LogP contribution is 1.99. The highest BCUT2D eigenvalue weighted by atomic mass is 16.3. The number of allylic oxidation sites excluding steroid dienone is 1. The van der Waals surface area contributed by atoms with E-state index in [2.05, 4.69) is 6.58 Å². The lowest BCUT2D eigenvalue weighted by Gasteiger charge is -1.90. The van der Waals surface area contributed by atoms with Crippen molar-refractivity contribution in [2.75, 3.05) is 0 Å². The van der Waals surface area contributed by atoms with Gasteiger partial charge in [0.2, 0.25) is 6.20 Å². The molecule has 1 heterocycles. The Bertz CT molecular complexity index is 232. The van der Waals surface area contributed by atoms with Gasteiger partial charge in [-0.05, 0) is 12.1 Å². The Morgan fingerprint density at radius 3 is 3.10 bits per heavy atom. The Hall–Kier alpha value is -1.31. The van der Waals surface area contributed by atoms with Gasteiger partial charge in [-0.25, -0.2) is 0 Å². The second kappa shape index (κ2) is 3.01. The van der Waals surface area contributed by atoms with E-state index in [1.807, 2.05) is 10.8 Å². The maximum Gasteiger partial charge on any atom is 0.211 e. The van der Waals surface area contributed by atoms with E-state index in [1.54, 1.807) is 24.4 Å². The SMILES string of the molecule is C=CC[n+]1cccc(O)c1. The third-order valence-corrected chi connectivity index (χ3v) is 1.18. The predicted molar refractivity (Wildman–Crippen MR) is 38.5 cm³/mol. The topological polar surface area (TPSA) is 24.1 Å². The average molecular weight is 136 g/mol. The van der Waals surface area contributed by atoms with Crippen LogP contribution >= 0.6 is 0 Å². The quantitative estimate of drug-likeness (QED) is 0.473. The molecule has 2 nitrogen and oxygen atoms in total. The Morgan fingerprint density at radius 1 is 1.70 bits per heavy atom. The van der Waals surface area contributed by atoms with E-state index in [0.29, 0.717) is 0 Å². The van der Waals surface area contributed by atoms with Gasteiger partial charge in [0.05, 0.1) is 0 Å². The Kier molecular flexibility index (Phi) is 2.05. The zero-order chi connectivity index (χ0) is 7.40. The summed E-state index contributed by atoms with van der Waals surface area (Å²) in [5, 5.41) is 8.98. The van der Waals surface area contributed by atoms with E-state index >= 15 is 0 Å². The standard InChI is InChI=1S/C8H9NO/c1-2-5-9-6-3-4-8(10)7-9/h2-4,6-7H,1,5H2/p+1. The smallest absolute Gasteiger partial charge is 0.211 e. The van der Waals surface area contributed by atoms with Crippen molar-refractivity contribution in [3.63, 3.8) is 0 Å². The number of aromatic nitrogens is 1. The summed E-state index contributed by atoms with van der Waals surface area (Å²) in [6.07, 6.45) is 5.31. The van der Waals surface area contributed by atoms with Crippen LogP contribution in [0.4, 0.5) is 0 Å². The van der Waals surface area contributed by atoms with E-state index in [-0.39, 0.29) is 5.75 Å². The van der Waals surface area contributed by atoms with Crippen molar-refractivity contribution in [3.8, 4) is 5.75 Å². The summed E-state index contributed by atoms with van der Waals surface area (Å²) in [5.41, 5.74) is 0. The van der Waals surface area contributed by atoms with Crippen molar-refractivity contribution in [1.29, 1.82) is 0 Å². The summed E-state index contributed by atoms with van der Waals surface area (Å²) >= 11 is 0. The maximum absolute atomic E-state index is 8.98. The van der Waals surface area contributed by atoms with Crippen molar-refractivity contribution in [3.05, 3.63) is 37.2 Å². The number of hydrogen-bond acceptors (Lipinski definition) is 1. The van der Waals surface area contributed by atoms with Crippen LogP contribution in [0.3, 0.4) is 0 Å². The summed E-state index contributed by atoms with van der Waals surface area (Å²) < 4.78 is 1.85. The molecule has 0 aliphatic rings. The fourth-order valence-electron chi connectivity index (χ4n) is 0.771. The summed E-state index contributed by atoms with van der Waals surface area (Å²) in [6.45, 7) is 4.31. The number of rotatable bonds is 2. The Balaban J connectivity index is 2.84. The van der Waals surface area contributed by atoms with Gasteiger partial charge in [-0.3, -0.25) is 0 Å². The van der Waals surface area contributed by atoms with Crippen LogP contribution in [0.2, 0.25) is 0 Å². The molecule has 0 bridgehead atoms. The van der Waals surface area contributed by atoms with E-state index in [4.69, 9.17) is 5.11 Å². The molecule has 1 rings (SSSR count). The lowest BCUT2D eigenvalue weighted by Crippen LogP contribution is -2.30. The number of pyridine rings is 1. The molecule has 0 atom stereocenters. The lowest BCUT2D eigenvalue weighted by atomic mass is 10.4. The van der Waals surface area contributed by atoms with Crippen molar-refractivity contribution >= 4 is 0 Å². The van der Waals surface area contributed by atoms with Gasteiger partial charge >= 0.3 is 0 Å². The molecule has 0 fully saturated rings. The van der Waals surface area contributed by atoms with E-state index in [0.717, 1.165) is 6.54 Å². The zero-order valence-corrected chi connectivity index (χ0v) is 5.70. The van der Waals surface area contributed by atoms with E-state index < -0.39 is 0 Å². The highest BCUT2D eigenvalue weighted by molar-refractivity contribution is 5.09. The number of nitrogens with zero attached hydrogens (tertiary/aromatic N) is 1. The van der Waals surface area contributed by atoms with Crippen LogP contribution in [0, 0.1) is 0 Å². The number of hydrogen-bond donors (Lipinski definition) is 1. The largest absolute Gasteiger partial charge is 0.503 e. The van der Waals surface area contributed by atoms with Crippen LogP contribution < -0.4 is 4.57 Å². The summed E-state index contributed by atoms with van der Waals surface area (Å²) in [7, 11) is 0. The van der Waals surface area contributed by atoms with Crippen molar-refractivity contribution in [2.24, 2.45) is 0 Å². The second-order valence-electron chi connectivity index (χ2n) is 2.05. The monoisotopic (exact) mass is 136 g/mol. The van der Waals surface area contributed by atoms with Crippen LogP contribution in [0.5, 0.6) is 5.75 Å². The van der Waals surface area contributed by atoms with Gasteiger partial charge in [0, 0.05) is 6.07 Å². The minimum Gasteiger partial charge on any atom is -0.503 e. The van der Waals surface area contributed by atoms with Gasteiger partial charge in [-0.1, -0.05) is 6.58 Å². The van der Waals surface area contributed by atoms with Gasteiger partial charge in [-0.15, -0.1) is 0 Å². The lowest BCUT2D eigenvalue weighted by molar-refractivity contribution is -0.687. The Morgan fingerprint density at radius 2 is 2.50 bits per heavy atom. The summed E-state index contributed by atoms with van der Waals surface area (Å²) in [4.78, 5) is 0. The molecule has 0 amide bonds. The molecular formula is C8H10NO+. The molecule has 0 aliphatic heterocycles. The molecule has 1 aromatic rings. The van der Waals surface area contributed by atoms with Gasteiger partial charge in [0.25, 0.3) is 0 Å². The van der Waals surface area contributed by atoms with Crippen molar-refractivity contribution in [2.45, 2.75) is 6.54 Å². The first-order valence-corrected chi connectivity index (χ1v) is 3.12. The van der Waals surface area contributed by atoms with Gasteiger partial charge in [-0.2, -0.15) is 4.57 Å². The second-order valence-corrected chi connectivity index (χ2v) is 2.05. The Labute approximate surface area is 60.1 Å². The molecule has 0 saturated carbocycles. The van der Waals surface area contributed by atoms with Crippen LogP contribution in [0.25, 0.3) is 0 Å². The zero-order valence-electron chi connectivity index (χ0n) is 5.70. The molecule has 1 aromatic heterocycles. The molecule has 52 valence electrons. The summed E-state index contributed by atoms with van der Waals surface area (Å²) in [5.74, 6) is 0.282. The molecule has 2 heteroatoms. The van der Waals surface area contributed by atoms with Crippen LogP contribution in [0.1, 0.15) is 0 Å². The maximum atomic E-state index is 8.98. The number of aromatic hydroxyl groups is 1. The minimum atomic E-state index is 0.282. The minimum absolute atomic E-state index is 0.282. The molecule has 0 spiro atoms. The molecule has 0 unspecified atom stereocenters. The van der Waals surface area contributed by atoms with Crippen LogP contribution in [-0.4, -0.2) is 5.11 Å². The molecule has 0 radical (unpaired) electrons. The normalized spacial score (nSPS) is 9.20. The first-order valence-electron chi connectivity index (χ1n) is 3.12. The third-order valence-electron chi connectivity index (χ3n) is 1.18. The van der Waals surface area contributed by atoms with E-state index in [9.17, 15) is 0 Å². The predicted octanol–water partition coefficient (Wildman–Crippen LogP) is 0.866. The fraction of sp³-hybridized carbons (Fsp3) is 0.125. The van der Waals surface area contributed by atoms with E-state index in [1.165, 1.54) is 0 Å². The molecule has 10 heavy (non-hydrogen) atoms. The van der Waals surface area contributed by atoms with Crippen LogP contribution in [-0.2, 0) is 6.54 Å². The first kappa shape index (κ1) is 6.81. The van der Waals surface area contributed by atoms with Crippen molar-refractivity contribution < 1.29 is 9.67 Å². The fourth-order valence-corrected chi connectivity index (χ4v) is 0.771. The van der Waals surface area contributed by atoms with Gasteiger partial charge in [0.15, 0.2) is 18.5 Å². The molecule has 0 aliphatic carbocycles. The van der Waals surface area contributed by atoms with Gasteiger partial charge in [0.1, 0.15) is 0 Å². The molecule has 0 saturated heterocycles. The van der Waals surface area contributed by atoms with Crippen LogP contribution in [0.15, 0.2) is 37.2 Å². The summed E-state index contributed by atoms with van der Waals surface area (Å²) in [6, 6.07) is 3.43. The first-order chi connectivity index (χ1) is 4.83. The average Bonchev–Trinajstić information content (AvgIpc) is 1.88. The highest BCUT2D eigenvalue weighted by Gasteiger charge is 1.95. The molecule has 1 N–H and O–H groups in total. The van der Waals surface area contributed by atoms with Gasteiger partial charge < -0.3 is 5.11 Å². The molecular weight excluding hydrogens is 126 g/mol. The molecule has 0 aromatic carbocycles.